The number of hydrogen-bond donors (Lipinski definition) is 2. The number of piperidine rings is 1. The van der Waals surface area contributed by atoms with E-state index in [-0.39, 0.29) is 36.6 Å². The molecule has 2 unspecified atom stereocenters. The average Bonchev–Trinajstić information content (AvgIpc) is 3.01. The Bertz CT molecular complexity index is 480. The maximum atomic E-state index is 12.3. The van der Waals surface area contributed by atoms with Crippen LogP contribution in [0.5, 0.6) is 0 Å². The second-order valence-electron chi connectivity index (χ2n) is 6.54. The van der Waals surface area contributed by atoms with Crippen LogP contribution in [0, 0.1) is 5.92 Å². The summed E-state index contributed by atoms with van der Waals surface area (Å²) in [6.45, 7) is 4.82. The fourth-order valence-electron chi connectivity index (χ4n) is 3.59. The Balaban J connectivity index is 0.00000144. The minimum Gasteiger partial charge on any atom is -0.354 e. The molecule has 2 N–H and O–H groups in total. The summed E-state index contributed by atoms with van der Waals surface area (Å²) in [4.78, 5) is 14.8. The van der Waals surface area contributed by atoms with Crippen molar-refractivity contribution in [3.05, 3.63) is 35.9 Å². The van der Waals surface area contributed by atoms with Crippen molar-refractivity contribution in [2.75, 3.05) is 26.2 Å². The van der Waals surface area contributed by atoms with Gasteiger partial charge in [-0.25, -0.2) is 0 Å². The van der Waals surface area contributed by atoms with Crippen LogP contribution in [0.15, 0.2) is 30.3 Å². The number of carbonyl (C=O) groups excluding carboxylic acids is 1. The molecule has 0 aromatic heterocycles. The van der Waals surface area contributed by atoms with Gasteiger partial charge in [-0.15, -0.1) is 24.8 Å². The molecular weight excluding hydrogens is 345 g/mol. The molecule has 2 saturated heterocycles. The summed E-state index contributed by atoms with van der Waals surface area (Å²) in [5.74, 6) is 0.400. The summed E-state index contributed by atoms with van der Waals surface area (Å²) in [6.07, 6.45) is 4.56. The van der Waals surface area contributed by atoms with Gasteiger partial charge in [-0.3, -0.25) is 9.69 Å². The lowest BCUT2D eigenvalue weighted by Gasteiger charge is -2.27. The molecule has 2 aliphatic rings. The number of rotatable bonds is 5. The lowest BCUT2D eigenvalue weighted by atomic mass is 9.99. The highest BCUT2D eigenvalue weighted by Gasteiger charge is 2.26. The van der Waals surface area contributed by atoms with Gasteiger partial charge >= 0.3 is 0 Å². The van der Waals surface area contributed by atoms with Crippen molar-refractivity contribution < 1.29 is 4.79 Å². The molecule has 0 bridgehead atoms. The van der Waals surface area contributed by atoms with E-state index < -0.39 is 0 Å². The molecule has 0 saturated carbocycles. The summed E-state index contributed by atoms with van der Waals surface area (Å²) in [5, 5.41) is 6.50. The number of benzene rings is 1. The zero-order valence-electron chi connectivity index (χ0n) is 14.1. The lowest BCUT2D eigenvalue weighted by Crippen LogP contribution is -2.45. The van der Waals surface area contributed by atoms with Crippen molar-refractivity contribution in [2.24, 2.45) is 5.92 Å². The zero-order chi connectivity index (χ0) is 15.2. The van der Waals surface area contributed by atoms with E-state index in [1.165, 1.54) is 18.4 Å². The van der Waals surface area contributed by atoms with Crippen molar-refractivity contribution >= 4 is 30.7 Å². The summed E-state index contributed by atoms with van der Waals surface area (Å²) in [6, 6.07) is 11.1. The number of halogens is 2. The first kappa shape index (κ1) is 21.2. The lowest BCUT2D eigenvalue weighted by molar-refractivity contribution is -0.125. The van der Waals surface area contributed by atoms with Crippen LogP contribution >= 0.6 is 24.8 Å². The first-order valence-electron chi connectivity index (χ1n) is 8.59. The fraction of sp³-hybridized carbons (Fsp3) is 0.611. The number of likely N-dealkylation sites (tertiary alicyclic amines) is 1. The van der Waals surface area contributed by atoms with Gasteiger partial charge < -0.3 is 10.6 Å². The van der Waals surface area contributed by atoms with Crippen LogP contribution in [0.1, 0.15) is 31.2 Å². The van der Waals surface area contributed by atoms with Crippen LogP contribution in [-0.2, 0) is 11.3 Å². The van der Waals surface area contributed by atoms with Crippen molar-refractivity contribution in [2.45, 2.75) is 38.3 Å². The van der Waals surface area contributed by atoms with E-state index in [1.54, 1.807) is 0 Å². The molecule has 1 aromatic carbocycles. The molecule has 0 aliphatic carbocycles. The smallest absolute Gasteiger partial charge is 0.224 e. The van der Waals surface area contributed by atoms with Crippen molar-refractivity contribution in [3.8, 4) is 0 Å². The van der Waals surface area contributed by atoms with Gasteiger partial charge in [0.1, 0.15) is 0 Å². The maximum absolute atomic E-state index is 12.3. The van der Waals surface area contributed by atoms with Gasteiger partial charge in [0.15, 0.2) is 0 Å². The van der Waals surface area contributed by atoms with Crippen LogP contribution in [0.2, 0.25) is 0 Å². The van der Waals surface area contributed by atoms with E-state index in [9.17, 15) is 4.79 Å². The monoisotopic (exact) mass is 373 g/mol. The van der Waals surface area contributed by atoms with E-state index in [4.69, 9.17) is 0 Å². The van der Waals surface area contributed by atoms with Crippen LogP contribution in [0.3, 0.4) is 0 Å². The molecule has 0 radical (unpaired) electrons. The van der Waals surface area contributed by atoms with Gasteiger partial charge in [-0.1, -0.05) is 30.3 Å². The highest BCUT2D eigenvalue weighted by atomic mass is 35.5. The molecule has 0 spiro atoms. The minimum absolute atomic E-state index is 0. The highest BCUT2D eigenvalue weighted by molar-refractivity contribution is 5.85. The number of hydrogen-bond acceptors (Lipinski definition) is 3. The Hall–Kier alpha value is -0.810. The first-order chi connectivity index (χ1) is 10.8. The van der Waals surface area contributed by atoms with E-state index in [0.717, 1.165) is 45.6 Å². The van der Waals surface area contributed by atoms with Crippen LogP contribution < -0.4 is 10.6 Å². The molecule has 1 aromatic rings. The Morgan fingerprint density at radius 2 is 1.96 bits per heavy atom. The summed E-state index contributed by atoms with van der Waals surface area (Å²) in [5.41, 5.74) is 1.36. The van der Waals surface area contributed by atoms with Crippen molar-refractivity contribution in [3.63, 3.8) is 0 Å². The van der Waals surface area contributed by atoms with Crippen molar-refractivity contribution in [1.82, 2.24) is 15.5 Å². The number of carbonyl (C=O) groups is 1. The Morgan fingerprint density at radius 3 is 2.67 bits per heavy atom. The third-order valence-electron chi connectivity index (χ3n) is 4.91. The van der Waals surface area contributed by atoms with Crippen LogP contribution in [0.4, 0.5) is 0 Å². The first-order valence-corrected chi connectivity index (χ1v) is 8.59. The third kappa shape index (κ3) is 5.92. The summed E-state index contributed by atoms with van der Waals surface area (Å²) >= 11 is 0. The number of nitrogens with one attached hydrogen (secondary N) is 2. The van der Waals surface area contributed by atoms with Crippen LogP contribution in [0.25, 0.3) is 0 Å². The van der Waals surface area contributed by atoms with Gasteiger partial charge in [-0.2, -0.15) is 0 Å². The molecular formula is C18H29Cl2N3O. The van der Waals surface area contributed by atoms with Crippen LogP contribution in [-0.4, -0.2) is 43.0 Å². The molecule has 2 atom stereocenters. The normalized spacial score (nSPS) is 23.8. The van der Waals surface area contributed by atoms with Crippen molar-refractivity contribution in [1.29, 1.82) is 0 Å². The molecule has 136 valence electrons. The fourth-order valence-corrected chi connectivity index (χ4v) is 3.59. The van der Waals surface area contributed by atoms with Gasteiger partial charge in [0.25, 0.3) is 0 Å². The zero-order valence-corrected chi connectivity index (χ0v) is 15.7. The summed E-state index contributed by atoms with van der Waals surface area (Å²) in [7, 11) is 0. The standard InChI is InChI=1S/C18H27N3O.2ClH/c22-18(16-8-4-10-19-12-16)20-13-17-9-5-11-21(17)14-15-6-2-1-3-7-15;;/h1-3,6-7,16-17,19H,4-5,8-14H2,(H,20,22);2*1H. The second kappa shape index (κ2) is 10.9. The Morgan fingerprint density at radius 1 is 1.17 bits per heavy atom. The topological polar surface area (TPSA) is 44.4 Å². The number of nitrogens with zero attached hydrogens (tertiary/aromatic N) is 1. The second-order valence-corrected chi connectivity index (χ2v) is 6.54. The Kier molecular flexibility index (Phi) is 9.67. The minimum atomic E-state index is 0. The molecule has 2 fully saturated rings. The molecule has 6 heteroatoms. The third-order valence-corrected chi connectivity index (χ3v) is 4.91. The largest absolute Gasteiger partial charge is 0.354 e. The van der Waals surface area contributed by atoms with E-state index in [2.05, 4.69) is 45.9 Å². The molecule has 2 heterocycles. The average molecular weight is 374 g/mol. The molecule has 2 aliphatic heterocycles. The predicted molar refractivity (Wildman–Crippen MR) is 103 cm³/mol. The highest BCUT2D eigenvalue weighted by Crippen LogP contribution is 2.20. The molecule has 1 amide bonds. The van der Waals surface area contributed by atoms with Gasteiger partial charge in [0.2, 0.25) is 5.91 Å². The Labute approximate surface area is 157 Å². The summed E-state index contributed by atoms with van der Waals surface area (Å²) < 4.78 is 0. The van der Waals surface area contributed by atoms with Gasteiger partial charge in [0.05, 0.1) is 5.92 Å². The van der Waals surface area contributed by atoms with E-state index in [0.29, 0.717) is 6.04 Å². The molecule has 4 nitrogen and oxygen atoms in total. The maximum Gasteiger partial charge on any atom is 0.224 e. The number of amides is 1. The molecule has 3 rings (SSSR count). The predicted octanol–water partition coefficient (Wildman–Crippen LogP) is 2.61. The van der Waals surface area contributed by atoms with Gasteiger partial charge in [0, 0.05) is 25.7 Å². The SMILES string of the molecule is Cl.Cl.O=C(NCC1CCCN1Cc1ccccc1)C1CCCNC1. The van der Waals surface area contributed by atoms with Gasteiger partial charge in [-0.05, 0) is 44.3 Å². The molecule has 24 heavy (non-hydrogen) atoms. The quantitative estimate of drug-likeness (QED) is 0.833. The van der Waals surface area contributed by atoms with E-state index >= 15 is 0 Å². The van der Waals surface area contributed by atoms with E-state index in [1.807, 2.05) is 0 Å².